The van der Waals surface area contributed by atoms with Crippen molar-refractivity contribution in [2.75, 3.05) is 6.61 Å². The van der Waals surface area contributed by atoms with Crippen molar-refractivity contribution in [2.45, 2.75) is 33.7 Å². The number of carbonyl (C=O) groups excluding carboxylic acids is 2. The van der Waals surface area contributed by atoms with Gasteiger partial charge in [0.2, 0.25) is 5.78 Å². The van der Waals surface area contributed by atoms with Gasteiger partial charge in [-0.3, -0.25) is 9.59 Å². The second-order valence-corrected chi connectivity index (χ2v) is 5.66. The maximum atomic E-state index is 12.3. The average Bonchev–Trinajstić information content (AvgIpc) is 2.80. The number of aromatic nitrogens is 2. The molecule has 2 aromatic heterocycles. The van der Waals surface area contributed by atoms with Crippen LogP contribution >= 0.6 is 0 Å². The van der Waals surface area contributed by atoms with E-state index in [1.807, 2.05) is 27.7 Å². The Hall–Kier alpha value is -2.63. The quantitative estimate of drug-likeness (QED) is 0.678. The zero-order valence-electron chi connectivity index (χ0n) is 13.7. The Labute approximate surface area is 134 Å². The highest BCUT2D eigenvalue weighted by molar-refractivity contribution is 6.00. The van der Waals surface area contributed by atoms with Gasteiger partial charge in [-0.15, -0.1) is 0 Å². The number of Topliss-reactive ketones (excluding diaryl/α,β-unsaturated/α-hetero) is 1. The number of pyridine rings is 1. The van der Waals surface area contributed by atoms with Crippen LogP contribution in [0.25, 0.3) is 0 Å². The summed E-state index contributed by atoms with van der Waals surface area (Å²) in [7, 11) is 0. The minimum absolute atomic E-state index is 0.118. The first-order chi connectivity index (χ1) is 10.8. The van der Waals surface area contributed by atoms with Crippen LogP contribution in [0, 0.1) is 13.8 Å². The molecule has 0 aliphatic carbocycles. The van der Waals surface area contributed by atoms with E-state index < -0.39 is 18.1 Å². The van der Waals surface area contributed by atoms with Crippen molar-refractivity contribution in [1.29, 1.82) is 0 Å². The van der Waals surface area contributed by atoms with Gasteiger partial charge >= 0.3 is 5.97 Å². The van der Waals surface area contributed by atoms with Crippen molar-refractivity contribution in [3.8, 4) is 0 Å². The number of aromatic amines is 1. The molecule has 0 radical (unpaired) electrons. The highest BCUT2D eigenvalue weighted by Crippen LogP contribution is 2.20. The van der Waals surface area contributed by atoms with Gasteiger partial charge in [-0.1, -0.05) is 0 Å². The van der Waals surface area contributed by atoms with Crippen LogP contribution in [0.2, 0.25) is 0 Å². The number of H-pyrrole nitrogens is 1. The molecular weight excluding hydrogens is 296 g/mol. The molecule has 0 aromatic carbocycles. The van der Waals surface area contributed by atoms with E-state index in [9.17, 15) is 14.4 Å². The van der Waals surface area contributed by atoms with E-state index in [1.54, 1.807) is 6.07 Å². The van der Waals surface area contributed by atoms with Crippen LogP contribution in [0.15, 0.2) is 29.2 Å². The van der Waals surface area contributed by atoms with Gasteiger partial charge in [-0.25, -0.2) is 4.79 Å². The number of carbonyl (C=O) groups is 2. The van der Waals surface area contributed by atoms with Gasteiger partial charge in [-0.05, 0) is 45.9 Å². The summed E-state index contributed by atoms with van der Waals surface area (Å²) >= 11 is 0. The van der Waals surface area contributed by atoms with E-state index in [-0.39, 0.29) is 17.4 Å². The van der Waals surface area contributed by atoms with E-state index in [0.717, 1.165) is 11.4 Å². The van der Waals surface area contributed by atoms with E-state index >= 15 is 0 Å². The summed E-state index contributed by atoms with van der Waals surface area (Å²) in [5.74, 6) is -1.09. The Bertz CT molecular complexity index is 799. The van der Waals surface area contributed by atoms with E-state index in [1.165, 1.54) is 18.3 Å². The number of nitrogens with zero attached hydrogens (tertiary/aromatic N) is 1. The van der Waals surface area contributed by atoms with Gasteiger partial charge in [0.05, 0.1) is 0 Å². The summed E-state index contributed by atoms with van der Waals surface area (Å²) in [4.78, 5) is 38.1. The van der Waals surface area contributed by atoms with E-state index in [2.05, 4.69) is 9.55 Å². The second-order valence-electron chi connectivity index (χ2n) is 5.66. The minimum atomic E-state index is -0.808. The fourth-order valence-electron chi connectivity index (χ4n) is 2.72. The highest BCUT2D eigenvalue weighted by atomic mass is 16.5. The maximum absolute atomic E-state index is 12.3. The van der Waals surface area contributed by atoms with Crippen molar-refractivity contribution in [3.63, 3.8) is 0 Å². The first-order valence-electron chi connectivity index (χ1n) is 7.39. The Morgan fingerprint density at radius 3 is 2.52 bits per heavy atom. The molecule has 2 heterocycles. The first kappa shape index (κ1) is 16.7. The number of hydrogen-bond acceptors (Lipinski definition) is 4. The monoisotopic (exact) mass is 316 g/mol. The molecule has 1 N–H and O–H groups in total. The lowest BCUT2D eigenvalue weighted by Gasteiger charge is -2.13. The highest BCUT2D eigenvalue weighted by Gasteiger charge is 2.19. The normalized spacial score (nSPS) is 10.8. The molecule has 0 aliphatic rings. The van der Waals surface area contributed by atoms with Crippen LogP contribution in [0.4, 0.5) is 0 Å². The lowest BCUT2D eigenvalue weighted by atomic mass is 10.1. The third-order valence-corrected chi connectivity index (χ3v) is 3.67. The Morgan fingerprint density at radius 2 is 1.96 bits per heavy atom. The minimum Gasteiger partial charge on any atom is -0.454 e. The molecule has 0 aliphatic heterocycles. The molecule has 0 spiro atoms. The Balaban J connectivity index is 2.12. The van der Waals surface area contributed by atoms with Crippen LogP contribution < -0.4 is 5.56 Å². The van der Waals surface area contributed by atoms with Crippen LogP contribution in [-0.4, -0.2) is 27.9 Å². The van der Waals surface area contributed by atoms with Gasteiger partial charge in [0.15, 0.2) is 6.61 Å². The largest absolute Gasteiger partial charge is 0.454 e. The summed E-state index contributed by atoms with van der Waals surface area (Å²) < 4.78 is 7.02. The van der Waals surface area contributed by atoms with Gasteiger partial charge in [-0.2, -0.15) is 0 Å². The van der Waals surface area contributed by atoms with Gasteiger partial charge in [0.25, 0.3) is 5.56 Å². The van der Waals surface area contributed by atoms with Crippen molar-refractivity contribution in [3.05, 3.63) is 57.3 Å². The molecule has 2 aromatic rings. The molecule has 23 heavy (non-hydrogen) atoms. The number of rotatable bonds is 5. The Morgan fingerprint density at radius 1 is 1.26 bits per heavy atom. The van der Waals surface area contributed by atoms with E-state index in [4.69, 9.17) is 4.74 Å². The number of aryl methyl sites for hydroxylation is 1. The predicted octanol–water partition coefficient (Wildman–Crippen LogP) is 2.41. The second kappa shape index (κ2) is 6.64. The van der Waals surface area contributed by atoms with Crippen molar-refractivity contribution in [2.24, 2.45) is 0 Å². The molecule has 0 saturated heterocycles. The molecule has 0 fully saturated rings. The summed E-state index contributed by atoms with van der Waals surface area (Å²) in [6, 6.07) is 4.91. The van der Waals surface area contributed by atoms with Gasteiger partial charge in [0, 0.05) is 29.2 Å². The zero-order chi connectivity index (χ0) is 17.1. The van der Waals surface area contributed by atoms with Crippen molar-refractivity contribution < 1.29 is 14.3 Å². The average molecular weight is 316 g/mol. The van der Waals surface area contributed by atoms with E-state index in [0.29, 0.717) is 5.56 Å². The summed E-state index contributed by atoms with van der Waals surface area (Å²) in [6.07, 6.45) is 1.42. The molecule has 0 atom stereocenters. The molecule has 2 rings (SSSR count). The summed E-state index contributed by atoms with van der Waals surface area (Å²) in [5.41, 5.74) is 1.70. The fourth-order valence-corrected chi connectivity index (χ4v) is 2.72. The standard InChI is InChI=1S/C17H20N2O4/c1-10(2)19-11(3)8-14(12(19)4)15(20)9-23-17(22)13-6-5-7-18-16(13)21/h5-8,10H,9H2,1-4H3,(H,18,21). The van der Waals surface area contributed by atoms with Crippen molar-refractivity contribution in [1.82, 2.24) is 9.55 Å². The predicted molar refractivity (Wildman–Crippen MR) is 86.0 cm³/mol. The van der Waals surface area contributed by atoms with Crippen LogP contribution in [0.5, 0.6) is 0 Å². The van der Waals surface area contributed by atoms with Crippen LogP contribution in [0.1, 0.15) is 52.0 Å². The number of hydrogen-bond donors (Lipinski definition) is 1. The molecule has 0 unspecified atom stereocenters. The molecular formula is C17H20N2O4. The molecule has 6 nitrogen and oxygen atoms in total. The molecule has 0 saturated carbocycles. The van der Waals surface area contributed by atoms with Crippen LogP contribution in [0.3, 0.4) is 0 Å². The first-order valence-corrected chi connectivity index (χ1v) is 7.39. The molecule has 122 valence electrons. The SMILES string of the molecule is Cc1cc(C(=O)COC(=O)c2ccc[nH]c2=O)c(C)n1C(C)C. The third kappa shape index (κ3) is 3.41. The molecule has 0 amide bonds. The number of esters is 1. The maximum Gasteiger partial charge on any atom is 0.344 e. The van der Waals surface area contributed by atoms with Crippen LogP contribution in [-0.2, 0) is 4.74 Å². The molecule has 6 heteroatoms. The number of ketones is 1. The van der Waals surface area contributed by atoms with Crippen molar-refractivity contribution >= 4 is 11.8 Å². The lowest BCUT2D eigenvalue weighted by molar-refractivity contribution is 0.0472. The Kier molecular flexibility index (Phi) is 4.83. The topological polar surface area (TPSA) is 81.2 Å². The lowest BCUT2D eigenvalue weighted by Crippen LogP contribution is -2.21. The zero-order valence-corrected chi connectivity index (χ0v) is 13.7. The smallest absolute Gasteiger partial charge is 0.344 e. The number of ether oxygens (including phenoxy) is 1. The number of nitrogens with one attached hydrogen (secondary N) is 1. The summed E-state index contributed by atoms with van der Waals surface area (Å²) in [6.45, 7) is 7.48. The summed E-state index contributed by atoms with van der Waals surface area (Å²) in [5, 5.41) is 0. The molecule has 0 bridgehead atoms. The fraction of sp³-hybridized carbons (Fsp3) is 0.353. The third-order valence-electron chi connectivity index (χ3n) is 3.67. The van der Waals surface area contributed by atoms with Gasteiger partial charge in [0.1, 0.15) is 5.56 Å². The van der Waals surface area contributed by atoms with Gasteiger partial charge < -0.3 is 14.3 Å².